The van der Waals surface area contributed by atoms with Crippen LogP contribution in [0.25, 0.3) is 0 Å². The van der Waals surface area contributed by atoms with Gasteiger partial charge in [0, 0.05) is 31.9 Å². The predicted octanol–water partition coefficient (Wildman–Crippen LogP) is 5.23. The van der Waals surface area contributed by atoms with Gasteiger partial charge in [0.25, 0.3) is 11.8 Å². The van der Waals surface area contributed by atoms with E-state index in [9.17, 15) is 19.2 Å². The zero-order valence-corrected chi connectivity index (χ0v) is 27.5. The minimum Gasteiger partial charge on any atom is -0.452 e. The fraction of sp³-hybridized carbons (Fsp3) is 0.697. The van der Waals surface area contributed by atoms with Crippen LogP contribution in [0.5, 0.6) is 0 Å². The van der Waals surface area contributed by atoms with Crippen LogP contribution in [0, 0.1) is 18.8 Å². The number of anilines is 1. The minimum absolute atomic E-state index is 0.0630. The molecule has 0 radical (unpaired) electrons. The Morgan fingerprint density at radius 1 is 0.767 bits per heavy atom. The van der Waals surface area contributed by atoms with E-state index in [4.69, 9.17) is 9.47 Å². The molecule has 4 aliphatic rings. The number of hydrogen-bond acceptors (Lipinski definition) is 7. The molecule has 1 unspecified atom stereocenters. The lowest BCUT2D eigenvalue weighted by molar-refractivity contribution is -0.159. The van der Waals surface area contributed by atoms with Gasteiger partial charge in [-0.15, -0.1) is 0 Å². The SMILES string of the molecule is C[C@H](OC(=O)C(Br)CC1CC1)C(=O)N1CCCC1.Cc1ccc(N[C@H](CC2CC2)C(=O)O[C@@H](C)C(=O)N2CCCC2)cc1. The van der Waals surface area contributed by atoms with Crippen LogP contribution in [0.2, 0.25) is 0 Å². The van der Waals surface area contributed by atoms with Gasteiger partial charge in [0.05, 0.1) is 0 Å². The molecule has 2 saturated heterocycles. The van der Waals surface area contributed by atoms with Gasteiger partial charge in [-0.25, -0.2) is 4.79 Å². The number of esters is 2. The van der Waals surface area contributed by atoms with Crippen LogP contribution in [-0.4, -0.2) is 82.8 Å². The molecule has 1 N–H and O–H groups in total. The summed E-state index contributed by atoms with van der Waals surface area (Å²) in [5.74, 6) is 0.472. The summed E-state index contributed by atoms with van der Waals surface area (Å²) in [5, 5.41) is 3.29. The molecule has 2 saturated carbocycles. The lowest BCUT2D eigenvalue weighted by Crippen LogP contribution is -2.41. The topological polar surface area (TPSA) is 105 Å². The fourth-order valence-corrected chi connectivity index (χ4v) is 6.13. The number of carbonyl (C=O) groups excluding carboxylic acids is 4. The Morgan fingerprint density at radius 3 is 1.67 bits per heavy atom. The van der Waals surface area contributed by atoms with Crippen molar-refractivity contribution in [1.29, 1.82) is 0 Å². The molecule has 0 spiro atoms. The van der Waals surface area contributed by atoms with Gasteiger partial charge < -0.3 is 24.6 Å². The quantitative estimate of drug-likeness (QED) is 0.241. The summed E-state index contributed by atoms with van der Waals surface area (Å²) in [6, 6.07) is 7.58. The third-order valence-electron chi connectivity index (χ3n) is 8.55. The summed E-state index contributed by atoms with van der Waals surface area (Å²) < 4.78 is 10.8. The van der Waals surface area contributed by atoms with Crippen LogP contribution in [0.3, 0.4) is 0 Å². The summed E-state index contributed by atoms with van der Waals surface area (Å²) in [6.45, 7) is 8.50. The average Bonchev–Trinajstić information content (AvgIpc) is 3.86. The van der Waals surface area contributed by atoms with Crippen LogP contribution >= 0.6 is 15.9 Å². The van der Waals surface area contributed by atoms with E-state index in [-0.39, 0.29) is 28.6 Å². The van der Waals surface area contributed by atoms with Crippen LogP contribution in [0.1, 0.15) is 83.6 Å². The van der Waals surface area contributed by atoms with Crippen molar-refractivity contribution in [3.8, 4) is 0 Å². The number of likely N-dealkylation sites (tertiary alicyclic amines) is 2. The van der Waals surface area contributed by atoms with Crippen molar-refractivity contribution in [2.24, 2.45) is 11.8 Å². The standard InChI is InChI=1S/C20H28N2O3.C13H20BrNO3/c1-14-5-9-17(10-6-14)21-18(13-16-7-8-16)20(24)25-15(2)19(23)22-11-3-4-12-22;1-9(12(16)15-6-2-3-7-15)18-13(17)11(14)8-10-4-5-10/h5-6,9-10,15-16,18,21H,3-4,7-8,11-13H2,1-2H3;9-11H,2-8H2,1H3/t15-,18+;9-,11?/m00/s1. The smallest absolute Gasteiger partial charge is 0.329 e. The van der Waals surface area contributed by atoms with Gasteiger partial charge in [0.2, 0.25) is 0 Å². The highest BCUT2D eigenvalue weighted by atomic mass is 79.9. The molecule has 43 heavy (non-hydrogen) atoms. The van der Waals surface area contributed by atoms with Crippen molar-refractivity contribution in [2.75, 3.05) is 31.5 Å². The van der Waals surface area contributed by atoms with Crippen molar-refractivity contribution < 1.29 is 28.7 Å². The number of benzene rings is 1. The minimum atomic E-state index is -0.716. The number of rotatable bonds is 12. The molecule has 5 rings (SSSR count). The van der Waals surface area contributed by atoms with E-state index in [2.05, 4.69) is 21.2 Å². The molecule has 9 nitrogen and oxygen atoms in total. The first-order valence-electron chi connectivity index (χ1n) is 16.1. The lowest BCUT2D eigenvalue weighted by atomic mass is 10.1. The van der Waals surface area contributed by atoms with Crippen LogP contribution < -0.4 is 5.32 Å². The number of aryl methyl sites for hydroxylation is 1. The van der Waals surface area contributed by atoms with Crippen molar-refractivity contribution in [2.45, 2.75) is 108 Å². The summed E-state index contributed by atoms with van der Waals surface area (Å²) in [7, 11) is 0. The van der Waals surface area contributed by atoms with Crippen LogP contribution in [0.4, 0.5) is 5.69 Å². The third kappa shape index (κ3) is 10.8. The lowest BCUT2D eigenvalue weighted by Gasteiger charge is -2.24. The van der Waals surface area contributed by atoms with Gasteiger partial charge in [0.1, 0.15) is 10.9 Å². The highest BCUT2D eigenvalue weighted by Gasteiger charge is 2.34. The van der Waals surface area contributed by atoms with Gasteiger partial charge in [-0.3, -0.25) is 14.4 Å². The van der Waals surface area contributed by atoms with E-state index in [0.717, 1.165) is 70.4 Å². The number of halogens is 1. The molecule has 0 aromatic heterocycles. The molecular formula is C33H48BrN3O6. The predicted molar refractivity (Wildman–Crippen MR) is 169 cm³/mol. The Labute approximate surface area is 264 Å². The van der Waals surface area contributed by atoms with E-state index in [1.807, 2.05) is 31.2 Å². The molecule has 2 aliphatic carbocycles. The monoisotopic (exact) mass is 661 g/mol. The molecule has 0 bridgehead atoms. The molecule has 238 valence electrons. The molecule has 4 fully saturated rings. The zero-order chi connectivity index (χ0) is 30.9. The Morgan fingerprint density at radius 2 is 1.21 bits per heavy atom. The number of alkyl halides is 1. The molecule has 1 aromatic carbocycles. The van der Waals surface area contributed by atoms with Crippen molar-refractivity contribution >= 4 is 45.4 Å². The van der Waals surface area contributed by atoms with E-state index < -0.39 is 18.2 Å². The second kappa shape index (κ2) is 15.9. The normalized spacial score (nSPS) is 20.7. The summed E-state index contributed by atoms with van der Waals surface area (Å²) in [6.07, 6.45) is 9.13. The van der Waals surface area contributed by atoms with E-state index >= 15 is 0 Å². The van der Waals surface area contributed by atoms with Crippen molar-refractivity contribution in [3.05, 3.63) is 29.8 Å². The first-order chi connectivity index (χ1) is 20.6. The number of hydrogen-bond donors (Lipinski definition) is 1. The Balaban J connectivity index is 0.000000208. The number of nitrogens with one attached hydrogen (secondary N) is 1. The summed E-state index contributed by atoms with van der Waals surface area (Å²) in [4.78, 5) is 52.1. The Kier molecular flexibility index (Phi) is 12.3. The summed E-state index contributed by atoms with van der Waals surface area (Å²) >= 11 is 3.35. The van der Waals surface area contributed by atoms with Gasteiger partial charge in [-0.2, -0.15) is 0 Å². The average molecular weight is 663 g/mol. The van der Waals surface area contributed by atoms with Crippen LogP contribution in [0.15, 0.2) is 24.3 Å². The second-order valence-electron chi connectivity index (χ2n) is 12.6. The maximum atomic E-state index is 12.7. The second-order valence-corrected chi connectivity index (χ2v) is 13.7. The summed E-state index contributed by atoms with van der Waals surface area (Å²) in [5.41, 5.74) is 2.09. The van der Waals surface area contributed by atoms with E-state index in [0.29, 0.717) is 11.8 Å². The van der Waals surface area contributed by atoms with Crippen molar-refractivity contribution in [3.63, 3.8) is 0 Å². The van der Waals surface area contributed by atoms with E-state index in [1.54, 1.807) is 23.6 Å². The largest absolute Gasteiger partial charge is 0.452 e. The maximum Gasteiger partial charge on any atom is 0.329 e. The van der Waals surface area contributed by atoms with E-state index in [1.165, 1.54) is 31.2 Å². The Bertz CT molecular complexity index is 1090. The zero-order valence-electron chi connectivity index (χ0n) is 25.9. The van der Waals surface area contributed by atoms with Crippen LogP contribution in [-0.2, 0) is 28.7 Å². The van der Waals surface area contributed by atoms with Gasteiger partial charge in [-0.1, -0.05) is 59.3 Å². The highest BCUT2D eigenvalue weighted by Crippen LogP contribution is 2.36. The number of nitrogens with zero attached hydrogens (tertiary/aromatic N) is 2. The Hall–Kier alpha value is -2.62. The number of ether oxygens (including phenoxy) is 2. The molecule has 2 amide bonds. The number of carbonyl (C=O) groups is 4. The first-order valence-corrected chi connectivity index (χ1v) is 17.0. The third-order valence-corrected chi connectivity index (χ3v) is 9.30. The van der Waals surface area contributed by atoms with Gasteiger partial charge >= 0.3 is 11.9 Å². The molecular weight excluding hydrogens is 614 g/mol. The molecule has 1 aromatic rings. The highest BCUT2D eigenvalue weighted by molar-refractivity contribution is 9.10. The molecule has 2 heterocycles. The molecule has 2 aliphatic heterocycles. The molecule has 10 heteroatoms. The first kappa shape index (κ1) is 33.3. The number of amides is 2. The van der Waals surface area contributed by atoms with Crippen molar-refractivity contribution in [1.82, 2.24) is 9.80 Å². The van der Waals surface area contributed by atoms with Gasteiger partial charge in [0.15, 0.2) is 12.2 Å². The molecule has 4 atom stereocenters. The fourth-order valence-electron chi connectivity index (χ4n) is 5.49. The maximum absolute atomic E-state index is 12.7. The van der Waals surface area contributed by atoms with Gasteiger partial charge in [-0.05, 0) is 83.3 Å².